The van der Waals surface area contributed by atoms with Crippen LogP contribution < -0.4 is 9.47 Å². The molecule has 0 radical (unpaired) electrons. The van der Waals surface area contributed by atoms with Crippen LogP contribution in [0.3, 0.4) is 0 Å². The van der Waals surface area contributed by atoms with Crippen LogP contribution in [0.1, 0.15) is 21.6 Å². The molecule has 0 unspecified atom stereocenters. The Labute approximate surface area is 145 Å². The van der Waals surface area contributed by atoms with Gasteiger partial charge in [0.05, 0.1) is 25.5 Å². The van der Waals surface area contributed by atoms with E-state index in [4.69, 9.17) is 14.6 Å². The van der Waals surface area contributed by atoms with Gasteiger partial charge in [0.1, 0.15) is 18.0 Å². The lowest BCUT2D eigenvalue weighted by atomic mass is 10.1. The molecule has 2 rings (SSSR count). The van der Waals surface area contributed by atoms with Crippen LogP contribution in [-0.2, 0) is 18.4 Å². The Morgan fingerprint density at radius 3 is 2.24 bits per heavy atom. The van der Waals surface area contributed by atoms with Crippen LogP contribution in [0.4, 0.5) is 0 Å². The number of carboxylic acid groups (broad SMARTS) is 1. The molecule has 1 N–H and O–H groups in total. The molecule has 0 aliphatic heterocycles. The van der Waals surface area contributed by atoms with Crippen molar-refractivity contribution in [3.8, 4) is 11.5 Å². The predicted molar refractivity (Wildman–Crippen MR) is 89.9 cm³/mol. The quantitative estimate of drug-likeness (QED) is 0.815. The van der Waals surface area contributed by atoms with Crippen LogP contribution in [0.5, 0.6) is 11.5 Å². The van der Waals surface area contributed by atoms with Gasteiger partial charge in [0.2, 0.25) is 0 Å². The van der Waals surface area contributed by atoms with Crippen molar-refractivity contribution in [1.82, 2.24) is 14.7 Å². The highest BCUT2D eigenvalue weighted by Gasteiger charge is 2.22. The van der Waals surface area contributed by atoms with Crippen molar-refractivity contribution in [2.24, 2.45) is 7.05 Å². The lowest BCUT2D eigenvalue weighted by Crippen LogP contribution is -2.35. The second-order valence-electron chi connectivity index (χ2n) is 5.58. The van der Waals surface area contributed by atoms with Gasteiger partial charge in [0.15, 0.2) is 0 Å². The number of hydrogen-bond donors (Lipinski definition) is 1. The summed E-state index contributed by atoms with van der Waals surface area (Å²) in [6.07, 6.45) is 1.58. The lowest BCUT2D eigenvalue weighted by Gasteiger charge is -2.21. The highest BCUT2D eigenvalue weighted by atomic mass is 16.5. The molecule has 0 bridgehead atoms. The normalized spacial score (nSPS) is 10.4. The van der Waals surface area contributed by atoms with E-state index < -0.39 is 18.4 Å². The largest absolute Gasteiger partial charge is 0.497 e. The fraction of sp³-hybridized carbons (Fsp3) is 0.353. The van der Waals surface area contributed by atoms with Crippen LogP contribution in [0.15, 0.2) is 24.4 Å². The second-order valence-corrected chi connectivity index (χ2v) is 5.58. The summed E-state index contributed by atoms with van der Waals surface area (Å²) in [6, 6.07) is 5.18. The van der Waals surface area contributed by atoms with E-state index in [9.17, 15) is 9.59 Å². The van der Waals surface area contributed by atoms with Gasteiger partial charge in [-0.3, -0.25) is 14.3 Å². The number of aryl methyl sites for hydroxylation is 2. The molecule has 0 saturated carbocycles. The van der Waals surface area contributed by atoms with Crippen molar-refractivity contribution in [2.75, 3.05) is 20.8 Å². The van der Waals surface area contributed by atoms with E-state index in [1.54, 1.807) is 38.4 Å². The molecule has 134 valence electrons. The topological polar surface area (TPSA) is 93.9 Å². The van der Waals surface area contributed by atoms with Gasteiger partial charge in [0, 0.05) is 25.9 Å². The number of ether oxygens (including phenoxy) is 2. The molecule has 25 heavy (non-hydrogen) atoms. The first kappa shape index (κ1) is 18.3. The smallest absolute Gasteiger partial charge is 0.323 e. The number of benzene rings is 1. The molecule has 0 spiro atoms. The Hall–Kier alpha value is -3.03. The number of carbonyl (C=O) groups excluding carboxylic acids is 1. The molecule has 8 heteroatoms. The molecule has 2 aromatic rings. The fourth-order valence-corrected chi connectivity index (χ4v) is 2.52. The van der Waals surface area contributed by atoms with Gasteiger partial charge in [-0.15, -0.1) is 0 Å². The van der Waals surface area contributed by atoms with Gasteiger partial charge in [-0.05, 0) is 24.6 Å². The van der Waals surface area contributed by atoms with Crippen molar-refractivity contribution >= 4 is 11.9 Å². The zero-order valence-electron chi connectivity index (χ0n) is 14.6. The minimum atomic E-state index is -1.09. The van der Waals surface area contributed by atoms with Crippen LogP contribution in [0.25, 0.3) is 0 Å². The standard InChI is InChI=1S/C17H21N3O5/c1-11-15(9-19(2)18-11)17(23)20(10-16(21)22)8-12-5-13(24-3)7-14(6-12)25-4/h5-7,9H,8,10H2,1-4H3,(H,21,22). The van der Waals surface area contributed by atoms with Gasteiger partial charge in [0.25, 0.3) is 5.91 Å². The highest BCUT2D eigenvalue weighted by molar-refractivity contribution is 5.96. The number of rotatable bonds is 7. The van der Waals surface area contributed by atoms with Gasteiger partial charge < -0.3 is 19.5 Å². The van der Waals surface area contributed by atoms with E-state index in [-0.39, 0.29) is 6.54 Å². The Balaban J connectivity index is 2.33. The van der Waals surface area contributed by atoms with Crippen LogP contribution in [0.2, 0.25) is 0 Å². The van der Waals surface area contributed by atoms with Crippen molar-refractivity contribution in [3.63, 3.8) is 0 Å². The predicted octanol–water partition coefficient (Wildman–Crippen LogP) is 1.47. The van der Waals surface area contributed by atoms with Gasteiger partial charge >= 0.3 is 5.97 Å². The average molecular weight is 347 g/mol. The molecule has 1 aromatic heterocycles. The highest BCUT2D eigenvalue weighted by Crippen LogP contribution is 2.24. The maximum Gasteiger partial charge on any atom is 0.323 e. The Morgan fingerprint density at radius 1 is 1.20 bits per heavy atom. The minimum Gasteiger partial charge on any atom is -0.497 e. The van der Waals surface area contributed by atoms with Crippen LogP contribution >= 0.6 is 0 Å². The maximum atomic E-state index is 12.8. The average Bonchev–Trinajstić information content (AvgIpc) is 2.91. The molecule has 0 fully saturated rings. The van der Waals surface area contributed by atoms with E-state index >= 15 is 0 Å². The lowest BCUT2D eigenvalue weighted by molar-refractivity contribution is -0.137. The number of aliphatic carboxylic acids is 1. The summed E-state index contributed by atoms with van der Waals surface area (Å²) in [5.74, 6) is -0.358. The van der Waals surface area contributed by atoms with Crippen molar-refractivity contribution in [2.45, 2.75) is 13.5 Å². The number of methoxy groups -OCH3 is 2. The Morgan fingerprint density at radius 2 is 1.80 bits per heavy atom. The zero-order valence-corrected chi connectivity index (χ0v) is 14.6. The summed E-state index contributed by atoms with van der Waals surface area (Å²) in [6.45, 7) is 1.39. The van der Waals surface area contributed by atoms with Crippen molar-refractivity contribution in [3.05, 3.63) is 41.2 Å². The SMILES string of the molecule is COc1cc(CN(CC(=O)O)C(=O)c2cn(C)nc2C)cc(OC)c1. The second kappa shape index (κ2) is 7.69. The summed E-state index contributed by atoms with van der Waals surface area (Å²) in [4.78, 5) is 25.2. The number of amides is 1. The third kappa shape index (κ3) is 4.50. The van der Waals surface area contributed by atoms with Gasteiger partial charge in [-0.25, -0.2) is 0 Å². The molecular formula is C17H21N3O5. The minimum absolute atomic E-state index is 0.104. The summed E-state index contributed by atoms with van der Waals surface area (Å²) in [7, 11) is 4.76. The van der Waals surface area contributed by atoms with Gasteiger partial charge in [-0.1, -0.05) is 0 Å². The van der Waals surface area contributed by atoms with E-state index in [0.717, 1.165) is 0 Å². The Kier molecular flexibility index (Phi) is 5.63. The van der Waals surface area contributed by atoms with E-state index in [0.29, 0.717) is 28.3 Å². The molecule has 0 aliphatic rings. The first-order valence-corrected chi connectivity index (χ1v) is 7.57. The molecule has 0 aliphatic carbocycles. The fourth-order valence-electron chi connectivity index (χ4n) is 2.52. The van der Waals surface area contributed by atoms with Crippen LogP contribution in [-0.4, -0.2) is 52.4 Å². The molecule has 0 saturated heterocycles. The van der Waals surface area contributed by atoms with Crippen LogP contribution in [0, 0.1) is 6.92 Å². The van der Waals surface area contributed by atoms with Crippen molar-refractivity contribution in [1.29, 1.82) is 0 Å². The molecular weight excluding hydrogens is 326 g/mol. The van der Waals surface area contributed by atoms with Gasteiger partial charge in [-0.2, -0.15) is 5.10 Å². The first-order chi connectivity index (χ1) is 11.8. The van der Waals surface area contributed by atoms with E-state index in [2.05, 4.69) is 5.10 Å². The van der Waals surface area contributed by atoms with E-state index in [1.165, 1.54) is 23.8 Å². The van der Waals surface area contributed by atoms with Crippen molar-refractivity contribution < 1.29 is 24.2 Å². The number of nitrogens with zero attached hydrogens (tertiary/aromatic N) is 3. The number of carboxylic acids is 1. The monoisotopic (exact) mass is 347 g/mol. The number of aromatic nitrogens is 2. The number of carbonyl (C=O) groups is 2. The molecule has 1 amide bonds. The third-order valence-corrected chi connectivity index (χ3v) is 3.64. The summed E-state index contributed by atoms with van der Waals surface area (Å²) >= 11 is 0. The Bertz CT molecular complexity index is 762. The molecule has 1 aromatic carbocycles. The van der Waals surface area contributed by atoms with E-state index in [1.807, 2.05) is 0 Å². The zero-order chi connectivity index (χ0) is 18.6. The molecule has 1 heterocycles. The maximum absolute atomic E-state index is 12.8. The molecule has 0 atom stereocenters. The number of hydrogen-bond acceptors (Lipinski definition) is 5. The summed E-state index contributed by atoms with van der Waals surface area (Å²) in [5.41, 5.74) is 1.62. The summed E-state index contributed by atoms with van der Waals surface area (Å²) < 4.78 is 12.0. The third-order valence-electron chi connectivity index (χ3n) is 3.64. The first-order valence-electron chi connectivity index (χ1n) is 7.57. The molecule has 8 nitrogen and oxygen atoms in total. The summed E-state index contributed by atoms with van der Waals surface area (Å²) in [5, 5.41) is 13.3.